The minimum Gasteiger partial charge on any atom is -0.298 e. The number of rotatable bonds is 6. The molecule has 0 radical (unpaired) electrons. The number of hydrogen-bond acceptors (Lipinski definition) is 2. The van der Waals surface area contributed by atoms with E-state index in [1.54, 1.807) is 0 Å². The second-order valence-electron chi connectivity index (χ2n) is 4.04. The third-order valence-corrected chi connectivity index (χ3v) is 2.68. The van der Waals surface area contributed by atoms with Crippen LogP contribution in [0.2, 0.25) is 0 Å². The Kier molecular flexibility index (Phi) is 5.35. The maximum atomic E-state index is 12.7. The third kappa shape index (κ3) is 3.99. The van der Waals surface area contributed by atoms with Crippen molar-refractivity contribution in [3.8, 4) is 6.07 Å². The standard InChI is InChI=1S/C14H16FNO/c1-2-3-4-5-14(17)13(10-16)11-6-8-12(15)9-7-11/h6-9,13H,2-5H2,1H3. The molecule has 0 bridgehead atoms. The summed E-state index contributed by atoms with van der Waals surface area (Å²) in [5, 5.41) is 9.01. The van der Waals surface area contributed by atoms with E-state index in [0.29, 0.717) is 12.0 Å². The van der Waals surface area contributed by atoms with Gasteiger partial charge >= 0.3 is 0 Å². The Morgan fingerprint density at radius 2 is 2.00 bits per heavy atom. The van der Waals surface area contributed by atoms with Crippen molar-refractivity contribution in [1.82, 2.24) is 0 Å². The maximum absolute atomic E-state index is 12.7. The van der Waals surface area contributed by atoms with Crippen LogP contribution in [0.25, 0.3) is 0 Å². The third-order valence-electron chi connectivity index (χ3n) is 2.68. The predicted molar refractivity (Wildman–Crippen MR) is 63.9 cm³/mol. The molecule has 17 heavy (non-hydrogen) atoms. The maximum Gasteiger partial charge on any atom is 0.154 e. The summed E-state index contributed by atoms with van der Waals surface area (Å²) < 4.78 is 12.7. The van der Waals surface area contributed by atoms with E-state index in [4.69, 9.17) is 5.26 Å². The van der Waals surface area contributed by atoms with Gasteiger partial charge in [-0.05, 0) is 24.1 Å². The average Bonchev–Trinajstić information content (AvgIpc) is 2.33. The van der Waals surface area contributed by atoms with Crippen LogP contribution in [-0.4, -0.2) is 5.78 Å². The Morgan fingerprint density at radius 1 is 1.35 bits per heavy atom. The fourth-order valence-electron chi connectivity index (χ4n) is 1.68. The number of unbranched alkanes of at least 4 members (excludes halogenated alkanes) is 2. The number of nitrogens with zero attached hydrogens (tertiary/aromatic N) is 1. The van der Waals surface area contributed by atoms with Gasteiger partial charge in [0.1, 0.15) is 11.7 Å². The largest absolute Gasteiger partial charge is 0.298 e. The van der Waals surface area contributed by atoms with Crippen molar-refractivity contribution in [3.05, 3.63) is 35.6 Å². The summed E-state index contributed by atoms with van der Waals surface area (Å²) in [7, 11) is 0. The molecule has 1 atom stereocenters. The predicted octanol–water partition coefficient (Wildman–Crippen LogP) is 3.58. The lowest BCUT2D eigenvalue weighted by molar-refractivity contribution is -0.119. The molecule has 1 aromatic carbocycles. The van der Waals surface area contributed by atoms with Crippen molar-refractivity contribution >= 4 is 5.78 Å². The smallest absolute Gasteiger partial charge is 0.154 e. The number of nitriles is 1. The van der Waals surface area contributed by atoms with Crippen LogP contribution >= 0.6 is 0 Å². The van der Waals surface area contributed by atoms with Crippen molar-refractivity contribution in [2.75, 3.05) is 0 Å². The summed E-state index contributed by atoms with van der Waals surface area (Å²) in [5.74, 6) is -1.19. The number of carbonyl (C=O) groups excluding carboxylic acids is 1. The molecule has 0 aromatic heterocycles. The highest BCUT2D eigenvalue weighted by molar-refractivity contribution is 5.88. The van der Waals surface area contributed by atoms with Crippen LogP contribution in [-0.2, 0) is 4.79 Å². The molecule has 1 unspecified atom stereocenters. The molecule has 0 saturated heterocycles. The monoisotopic (exact) mass is 233 g/mol. The van der Waals surface area contributed by atoms with Crippen LogP contribution in [0.3, 0.4) is 0 Å². The highest BCUT2D eigenvalue weighted by Crippen LogP contribution is 2.19. The van der Waals surface area contributed by atoms with Gasteiger partial charge in [-0.15, -0.1) is 0 Å². The van der Waals surface area contributed by atoms with Gasteiger partial charge in [0.05, 0.1) is 6.07 Å². The highest BCUT2D eigenvalue weighted by atomic mass is 19.1. The van der Waals surface area contributed by atoms with E-state index in [-0.39, 0.29) is 11.6 Å². The molecule has 0 aliphatic heterocycles. The number of halogens is 1. The summed E-state index contributed by atoms with van der Waals surface area (Å²) in [4.78, 5) is 11.8. The Morgan fingerprint density at radius 3 is 2.53 bits per heavy atom. The molecule has 90 valence electrons. The number of benzene rings is 1. The Bertz CT molecular complexity index is 405. The number of Topliss-reactive ketones (excluding diaryl/α,β-unsaturated/α-hetero) is 1. The van der Waals surface area contributed by atoms with Crippen LogP contribution in [0.1, 0.15) is 44.1 Å². The van der Waals surface area contributed by atoms with Crippen LogP contribution in [0.4, 0.5) is 4.39 Å². The highest BCUT2D eigenvalue weighted by Gasteiger charge is 2.19. The van der Waals surface area contributed by atoms with Gasteiger partial charge in [0.15, 0.2) is 5.78 Å². The minimum atomic E-state index is -0.757. The molecule has 0 saturated carbocycles. The SMILES string of the molecule is CCCCCC(=O)C(C#N)c1ccc(F)cc1. The van der Waals surface area contributed by atoms with Crippen molar-refractivity contribution in [2.45, 2.75) is 38.5 Å². The molecule has 1 aromatic rings. The van der Waals surface area contributed by atoms with E-state index in [2.05, 4.69) is 6.92 Å². The number of hydrogen-bond donors (Lipinski definition) is 0. The van der Waals surface area contributed by atoms with Gasteiger partial charge in [-0.2, -0.15) is 5.26 Å². The van der Waals surface area contributed by atoms with Gasteiger partial charge in [-0.25, -0.2) is 4.39 Å². The molecular formula is C14H16FNO. The van der Waals surface area contributed by atoms with Gasteiger partial charge < -0.3 is 0 Å². The van der Waals surface area contributed by atoms with Gasteiger partial charge in [-0.3, -0.25) is 4.79 Å². The van der Waals surface area contributed by atoms with Crippen LogP contribution in [0, 0.1) is 17.1 Å². The first-order valence-electron chi connectivity index (χ1n) is 5.86. The topological polar surface area (TPSA) is 40.9 Å². The first kappa shape index (κ1) is 13.4. The molecular weight excluding hydrogens is 217 g/mol. The second-order valence-corrected chi connectivity index (χ2v) is 4.04. The molecule has 0 aliphatic rings. The molecule has 3 heteroatoms. The fraction of sp³-hybridized carbons (Fsp3) is 0.429. The van der Waals surface area contributed by atoms with Gasteiger partial charge in [0.25, 0.3) is 0 Å². The van der Waals surface area contributed by atoms with Crippen molar-refractivity contribution in [3.63, 3.8) is 0 Å². The fourth-order valence-corrected chi connectivity index (χ4v) is 1.68. The first-order chi connectivity index (χ1) is 8.19. The molecule has 0 aliphatic carbocycles. The zero-order valence-electron chi connectivity index (χ0n) is 9.95. The van der Waals surface area contributed by atoms with Crippen LogP contribution in [0.15, 0.2) is 24.3 Å². The molecule has 2 nitrogen and oxygen atoms in total. The van der Waals surface area contributed by atoms with Crippen LogP contribution < -0.4 is 0 Å². The number of carbonyl (C=O) groups is 1. The Labute approximate surface area is 101 Å². The summed E-state index contributed by atoms with van der Waals surface area (Å²) in [6.45, 7) is 2.06. The zero-order valence-corrected chi connectivity index (χ0v) is 9.95. The molecule has 1 rings (SSSR count). The Hall–Kier alpha value is -1.69. The van der Waals surface area contributed by atoms with Gasteiger partial charge in [0.2, 0.25) is 0 Å². The van der Waals surface area contributed by atoms with Gasteiger partial charge in [0, 0.05) is 6.42 Å². The number of ketones is 1. The summed E-state index contributed by atoms with van der Waals surface area (Å²) in [5.41, 5.74) is 0.579. The normalized spacial score (nSPS) is 11.8. The lowest BCUT2D eigenvalue weighted by Crippen LogP contribution is -2.10. The molecule has 0 N–H and O–H groups in total. The van der Waals surface area contributed by atoms with E-state index < -0.39 is 5.92 Å². The van der Waals surface area contributed by atoms with E-state index in [9.17, 15) is 9.18 Å². The lowest BCUT2D eigenvalue weighted by atomic mass is 9.93. The van der Waals surface area contributed by atoms with Crippen molar-refractivity contribution in [2.24, 2.45) is 0 Å². The summed E-state index contributed by atoms with van der Waals surface area (Å²) >= 11 is 0. The Balaban J connectivity index is 2.68. The van der Waals surface area contributed by atoms with E-state index in [0.717, 1.165) is 19.3 Å². The molecule has 0 heterocycles. The molecule has 0 amide bonds. The van der Waals surface area contributed by atoms with E-state index >= 15 is 0 Å². The average molecular weight is 233 g/mol. The summed E-state index contributed by atoms with van der Waals surface area (Å²) in [6, 6.07) is 7.55. The molecule has 0 spiro atoms. The van der Waals surface area contributed by atoms with Crippen molar-refractivity contribution in [1.29, 1.82) is 5.26 Å². The van der Waals surface area contributed by atoms with Crippen LogP contribution in [0.5, 0.6) is 0 Å². The zero-order chi connectivity index (χ0) is 12.7. The van der Waals surface area contributed by atoms with Crippen molar-refractivity contribution < 1.29 is 9.18 Å². The first-order valence-corrected chi connectivity index (χ1v) is 5.86. The lowest BCUT2D eigenvalue weighted by Gasteiger charge is -2.08. The minimum absolute atomic E-state index is 0.0763. The quantitative estimate of drug-likeness (QED) is 0.704. The molecule has 0 fully saturated rings. The van der Waals surface area contributed by atoms with Gasteiger partial charge in [-0.1, -0.05) is 31.9 Å². The summed E-state index contributed by atoms with van der Waals surface area (Å²) in [6.07, 6.45) is 3.27. The van der Waals surface area contributed by atoms with E-state index in [1.165, 1.54) is 24.3 Å². The second kappa shape index (κ2) is 6.80. The van der Waals surface area contributed by atoms with E-state index in [1.807, 2.05) is 6.07 Å².